The number of hydrogen-bond donors (Lipinski definition) is 2. The number of para-hydroxylation sites is 1. The Kier molecular flexibility index (Phi) is 7.27. The summed E-state index contributed by atoms with van der Waals surface area (Å²) in [6.07, 6.45) is 3.96. The molecule has 0 aromatic heterocycles. The topological polar surface area (TPSA) is 58.2 Å². The Balaban J connectivity index is 2.77. The molecule has 0 unspecified atom stereocenters. The van der Waals surface area contributed by atoms with Crippen LogP contribution in [-0.2, 0) is 16.0 Å². The number of rotatable bonds is 8. The highest BCUT2D eigenvalue weighted by molar-refractivity contribution is 6.10. The molecule has 2 N–H and O–H groups in total. The molecule has 4 heteroatoms. The fourth-order valence-electron chi connectivity index (χ4n) is 2.37. The van der Waals surface area contributed by atoms with Crippen molar-refractivity contribution in [1.82, 2.24) is 5.32 Å². The first-order valence-corrected chi connectivity index (χ1v) is 8.52. The summed E-state index contributed by atoms with van der Waals surface area (Å²) in [6, 6.07) is 5.95. The van der Waals surface area contributed by atoms with E-state index in [9.17, 15) is 9.59 Å². The van der Waals surface area contributed by atoms with Gasteiger partial charge in [0.25, 0.3) is 0 Å². The number of benzene rings is 1. The number of anilines is 1. The van der Waals surface area contributed by atoms with Gasteiger partial charge in [0.05, 0.1) is 0 Å². The van der Waals surface area contributed by atoms with Gasteiger partial charge in [-0.1, -0.05) is 44.9 Å². The van der Waals surface area contributed by atoms with Crippen molar-refractivity contribution in [2.75, 3.05) is 11.9 Å². The van der Waals surface area contributed by atoms with Crippen LogP contribution in [-0.4, -0.2) is 18.4 Å². The van der Waals surface area contributed by atoms with E-state index in [2.05, 4.69) is 24.5 Å². The summed E-state index contributed by atoms with van der Waals surface area (Å²) in [5, 5.41) is 5.82. The zero-order chi connectivity index (χ0) is 17.5. The second-order valence-corrected chi connectivity index (χ2v) is 6.50. The van der Waals surface area contributed by atoms with Crippen LogP contribution in [0.3, 0.4) is 0 Å². The highest BCUT2D eigenvalue weighted by atomic mass is 16.2. The molecule has 0 heterocycles. The van der Waals surface area contributed by atoms with Crippen molar-refractivity contribution in [3.8, 4) is 0 Å². The van der Waals surface area contributed by atoms with Gasteiger partial charge < -0.3 is 10.6 Å². The maximum absolute atomic E-state index is 12.6. The maximum atomic E-state index is 12.6. The predicted octanol–water partition coefficient (Wildman–Crippen LogP) is 3.83. The monoisotopic (exact) mass is 318 g/mol. The zero-order valence-corrected chi connectivity index (χ0v) is 15.1. The van der Waals surface area contributed by atoms with Crippen LogP contribution in [0.25, 0.3) is 0 Å². The number of unbranched alkanes of at least 4 members (excludes halogenated alkanes) is 2. The largest absolute Gasteiger partial charge is 0.355 e. The van der Waals surface area contributed by atoms with E-state index in [1.54, 1.807) is 13.8 Å². The summed E-state index contributed by atoms with van der Waals surface area (Å²) in [4.78, 5) is 24.9. The zero-order valence-electron chi connectivity index (χ0n) is 15.1. The molecule has 0 aliphatic heterocycles. The van der Waals surface area contributed by atoms with E-state index < -0.39 is 5.41 Å². The molecule has 1 aromatic carbocycles. The molecule has 0 atom stereocenters. The average Bonchev–Trinajstić information content (AvgIpc) is 2.52. The number of carbonyl (C=O) groups is 2. The van der Waals surface area contributed by atoms with Crippen molar-refractivity contribution in [3.63, 3.8) is 0 Å². The molecule has 0 spiro atoms. The number of carbonyl (C=O) groups excluding carboxylic acids is 2. The van der Waals surface area contributed by atoms with E-state index in [1.165, 1.54) is 0 Å². The predicted molar refractivity (Wildman–Crippen MR) is 95.5 cm³/mol. The number of hydrogen-bond acceptors (Lipinski definition) is 2. The molecule has 1 rings (SSSR count). The average molecular weight is 318 g/mol. The fraction of sp³-hybridized carbons (Fsp3) is 0.579. The van der Waals surface area contributed by atoms with Gasteiger partial charge in [-0.25, -0.2) is 0 Å². The van der Waals surface area contributed by atoms with E-state index in [1.807, 2.05) is 25.1 Å². The van der Waals surface area contributed by atoms with Crippen LogP contribution in [0.1, 0.15) is 58.1 Å². The standard InChI is InChI=1S/C19H30N2O2/c1-6-8-9-13-20-17(22)19(4,5)18(23)21-16-14(3)11-10-12-15(16)7-2/h10-12H,6-9,13H2,1-5H3,(H,20,22)(H,21,23). The second kappa shape index (κ2) is 8.70. The molecule has 1 aromatic rings. The van der Waals surface area contributed by atoms with Crippen molar-refractivity contribution in [1.29, 1.82) is 0 Å². The fourth-order valence-corrected chi connectivity index (χ4v) is 2.37. The third-order valence-corrected chi connectivity index (χ3v) is 4.18. The molecular formula is C19H30N2O2. The highest BCUT2D eigenvalue weighted by Crippen LogP contribution is 2.25. The molecule has 2 amide bonds. The van der Waals surface area contributed by atoms with Gasteiger partial charge in [-0.2, -0.15) is 0 Å². The highest BCUT2D eigenvalue weighted by Gasteiger charge is 2.36. The van der Waals surface area contributed by atoms with Crippen molar-refractivity contribution < 1.29 is 9.59 Å². The minimum absolute atomic E-state index is 0.224. The molecule has 0 saturated heterocycles. The summed E-state index contributed by atoms with van der Waals surface area (Å²) < 4.78 is 0. The van der Waals surface area contributed by atoms with E-state index in [0.717, 1.165) is 42.5 Å². The Morgan fingerprint density at radius 3 is 2.39 bits per heavy atom. The van der Waals surface area contributed by atoms with Crippen LogP contribution >= 0.6 is 0 Å². The lowest BCUT2D eigenvalue weighted by molar-refractivity contribution is -0.138. The molecule has 0 fully saturated rings. The first kappa shape index (κ1) is 19.2. The van der Waals surface area contributed by atoms with Crippen molar-refractivity contribution in [3.05, 3.63) is 29.3 Å². The third kappa shape index (κ3) is 5.08. The van der Waals surface area contributed by atoms with Crippen molar-refractivity contribution in [2.45, 2.75) is 60.3 Å². The van der Waals surface area contributed by atoms with E-state index in [-0.39, 0.29) is 11.8 Å². The van der Waals surface area contributed by atoms with E-state index in [4.69, 9.17) is 0 Å². The minimum atomic E-state index is -1.10. The van der Waals surface area contributed by atoms with Gasteiger partial charge >= 0.3 is 0 Å². The Morgan fingerprint density at radius 2 is 1.78 bits per heavy atom. The third-order valence-electron chi connectivity index (χ3n) is 4.18. The lowest BCUT2D eigenvalue weighted by Gasteiger charge is -2.24. The molecule has 0 aliphatic carbocycles. The first-order chi connectivity index (χ1) is 10.8. The SMILES string of the molecule is CCCCCNC(=O)C(C)(C)C(=O)Nc1c(C)cccc1CC. The van der Waals surface area contributed by atoms with Crippen LogP contribution in [0.4, 0.5) is 5.69 Å². The maximum Gasteiger partial charge on any atom is 0.239 e. The Morgan fingerprint density at radius 1 is 1.09 bits per heavy atom. The summed E-state index contributed by atoms with van der Waals surface area (Å²) in [7, 11) is 0. The molecule has 0 bridgehead atoms. The van der Waals surface area contributed by atoms with E-state index >= 15 is 0 Å². The van der Waals surface area contributed by atoms with Crippen LogP contribution in [0.15, 0.2) is 18.2 Å². The lowest BCUT2D eigenvalue weighted by Crippen LogP contribution is -2.45. The summed E-state index contributed by atoms with van der Waals surface area (Å²) in [5.74, 6) is -0.493. The quantitative estimate of drug-likeness (QED) is 0.565. The first-order valence-electron chi connectivity index (χ1n) is 8.52. The molecule has 0 aliphatic rings. The van der Waals surface area contributed by atoms with Gasteiger partial charge in [0.2, 0.25) is 11.8 Å². The Bertz CT molecular complexity index is 550. The van der Waals surface area contributed by atoms with Crippen LogP contribution in [0.5, 0.6) is 0 Å². The van der Waals surface area contributed by atoms with Crippen LogP contribution in [0.2, 0.25) is 0 Å². The van der Waals surface area contributed by atoms with Crippen molar-refractivity contribution >= 4 is 17.5 Å². The molecular weight excluding hydrogens is 288 g/mol. The lowest BCUT2D eigenvalue weighted by atomic mass is 9.90. The Labute approximate surface area is 140 Å². The number of nitrogens with one attached hydrogen (secondary N) is 2. The van der Waals surface area contributed by atoms with Crippen LogP contribution < -0.4 is 10.6 Å². The smallest absolute Gasteiger partial charge is 0.239 e. The van der Waals surface area contributed by atoms with Gasteiger partial charge in [-0.3, -0.25) is 9.59 Å². The van der Waals surface area contributed by atoms with Gasteiger partial charge in [0, 0.05) is 12.2 Å². The molecule has 23 heavy (non-hydrogen) atoms. The molecule has 0 saturated carbocycles. The summed E-state index contributed by atoms with van der Waals surface area (Å²) >= 11 is 0. The van der Waals surface area contributed by atoms with Crippen LogP contribution in [0, 0.1) is 12.3 Å². The van der Waals surface area contributed by atoms with Gasteiger partial charge in [-0.05, 0) is 44.7 Å². The van der Waals surface area contributed by atoms with Gasteiger partial charge in [0.1, 0.15) is 5.41 Å². The molecule has 128 valence electrons. The number of amides is 2. The second-order valence-electron chi connectivity index (χ2n) is 6.50. The molecule has 4 nitrogen and oxygen atoms in total. The normalized spacial score (nSPS) is 11.2. The minimum Gasteiger partial charge on any atom is -0.355 e. The molecule has 0 radical (unpaired) electrons. The summed E-state index contributed by atoms with van der Waals surface area (Å²) in [5.41, 5.74) is 1.82. The van der Waals surface area contributed by atoms with Crippen molar-refractivity contribution in [2.24, 2.45) is 5.41 Å². The van der Waals surface area contributed by atoms with Gasteiger partial charge in [0.15, 0.2) is 0 Å². The summed E-state index contributed by atoms with van der Waals surface area (Å²) in [6.45, 7) is 10.1. The van der Waals surface area contributed by atoms with E-state index in [0.29, 0.717) is 6.54 Å². The van der Waals surface area contributed by atoms with Gasteiger partial charge in [-0.15, -0.1) is 0 Å². The Hall–Kier alpha value is -1.84. The number of aryl methyl sites for hydroxylation is 2.